The zero-order chi connectivity index (χ0) is 11.1. The number of carbonyl (C=O) groups is 1. The lowest BCUT2D eigenvalue weighted by Crippen LogP contribution is -2.40. The van der Waals surface area contributed by atoms with Gasteiger partial charge in [0, 0.05) is 6.54 Å². The molecule has 1 aliphatic carbocycles. The summed E-state index contributed by atoms with van der Waals surface area (Å²) in [6.45, 7) is 6.43. The second kappa shape index (κ2) is 6.11. The smallest absolute Gasteiger partial charge is 0.233 e. The summed E-state index contributed by atoms with van der Waals surface area (Å²) in [5, 5.41) is 6.09. The van der Waals surface area contributed by atoms with Crippen LogP contribution in [0.5, 0.6) is 0 Å². The maximum Gasteiger partial charge on any atom is 0.233 e. The molecular formula is C12H24N2O. The third-order valence-electron chi connectivity index (χ3n) is 3.61. The van der Waals surface area contributed by atoms with E-state index in [9.17, 15) is 4.79 Å². The molecule has 1 aliphatic rings. The standard InChI is InChI=1S/C12H24N2O/c1-3-12(7-5-6-8-12)10-14-11(15)9-13-4-2/h13H,3-10H2,1-2H3,(H,14,15). The van der Waals surface area contributed by atoms with Crippen LogP contribution in [0.2, 0.25) is 0 Å². The topological polar surface area (TPSA) is 41.1 Å². The van der Waals surface area contributed by atoms with Crippen LogP contribution in [0.25, 0.3) is 0 Å². The van der Waals surface area contributed by atoms with Crippen molar-refractivity contribution in [3.63, 3.8) is 0 Å². The Morgan fingerprint density at radius 2 is 1.93 bits per heavy atom. The van der Waals surface area contributed by atoms with Crippen molar-refractivity contribution in [2.75, 3.05) is 19.6 Å². The molecule has 0 aromatic heterocycles. The lowest BCUT2D eigenvalue weighted by molar-refractivity contribution is -0.120. The third kappa shape index (κ3) is 3.82. The van der Waals surface area contributed by atoms with Crippen LogP contribution in [0.4, 0.5) is 0 Å². The van der Waals surface area contributed by atoms with Crippen molar-refractivity contribution in [1.82, 2.24) is 10.6 Å². The van der Waals surface area contributed by atoms with E-state index in [0.29, 0.717) is 12.0 Å². The summed E-state index contributed by atoms with van der Waals surface area (Å²) in [6, 6.07) is 0. The zero-order valence-corrected chi connectivity index (χ0v) is 10.1. The van der Waals surface area contributed by atoms with Gasteiger partial charge in [0.1, 0.15) is 0 Å². The summed E-state index contributed by atoms with van der Waals surface area (Å²) in [6.07, 6.45) is 6.41. The van der Waals surface area contributed by atoms with Gasteiger partial charge in [-0.15, -0.1) is 0 Å². The van der Waals surface area contributed by atoms with Crippen molar-refractivity contribution in [2.24, 2.45) is 5.41 Å². The number of nitrogens with one attached hydrogen (secondary N) is 2. The van der Waals surface area contributed by atoms with Crippen molar-refractivity contribution >= 4 is 5.91 Å². The molecule has 1 fully saturated rings. The average Bonchev–Trinajstić information content (AvgIpc) is 2.73. The van der Waals surface area contributed by atoms with E-state index in [1.165, 1.54) is 32.1 Å². The van der Waals surface area contributed by atoms with Crippen molar-refractivity contribution in [3.8, 4) is 0 Å². The minimum Gasteiger partial charge on any atom is -0.354 e. The summed E-state index contributed by atoms with van der Waals surface area (Å²) in [5.74, 6) is 0.136. The summed E-state index contributed by atoms with van der Waals surface area (Å²) < 4.78 is 0. The average molecular weight is 212 g/mol. The van der Waals surface area contributed by atoms with E-state index in [1.54, 1.807) is 0 Å². The van der Waals surface area contributed by atoms with E-state index < -0.39 is 0 Å². The maximum atomic E-state index is 11.4. The lowest BCUT2D eigenvalue weighted by Gasteiger charge is -2.27. The predicted molar refractivity (Wildman–Crippen MR) is 62.7 cm³/mol. The van der Waals surface area contributed by atoms with Crippen LogP contribution < -0.4 is 10.6 Å². The largest absolute Gasteiger partial charge is 0.354 e. The highest BCUT2D eigenvalue weighted by Gasteiger charge is 2.31. The van der Waals surface area contributed by atoms with Crippen LogP contribution in [0.1, 0.15) is 46.0 Å². The van der Waals surface area contributed by atoms with E-state index in [0.717, 1.165) is 13.1 Å². The van der Waals surface area contributed by atoms with Crippen molar-refractivity contribution in [1.29, 1.82) is 0 Å². The van der Waals surface area contributed by atoms with Crippen molar-refractivity contribution in [3.05, 3.63) is 0 Å². The van der Waals surface area contributed by atoms with Crippen molar-refractivity contribution in [2.45, 2.75) is 46.0 Å². The van der Waals surface area contributed by atoms with E-state index in [4.69, 9.17) is 0 Å². The summed E-state index contributed by atoms with van der Waals surface area (Å²) in [7, 11) is 0. The van der Waals surface area contributed by atoms with E-state index in [-0.39, 0.29) is 5.91 Å². The second-order valence-electron chi connectivity index (χ2n) is 4.62. The van der Waals surface area contributed by atoms with Gasteiger partial charge in [-0.05, 0) is 31.2 Å². The molecule has 1 saturated carbocycles. The molecule has 0 spiro atoms. The first-order chi connectivity index (χ1) is 7.22. The van der Waals surface area contributed by atoms with Crippen LogP contribution in [0, 0.1) is 5.41 Å². The molecule has 88 valence electrons. The molecule has 0 aromatic rings. The second-order valence-corrected chi connectivity index (χ2v) is 4.62. The quantitative estimate of drug-likeness (QED) is 0.703. The molecule has 0 saturated heterocycles. The van der Waals surface area contributed by atoms with Gasteiger partial charge >= 0.3 is 0 Å². The van der Waals surface area contributed by atoms with Crippen LogP contribution in [-0.4, -0.2) is 25.5 Å². The molecular weight excluding hydrogens is 188 g/mol. The van der Waals surface area contributed by atoms with Crippen molar-refractivity contribution < 1.29 is 4.79 Å². The molecule has 0 heterocycles. The Hall–Kier alpha value is -0.570. The van der Waals surface area contributed by atoms with Gasteiger partial charge in [-0.1, -0.05) is 26.7 Å². The minimum absolute atomic E-state index is 0.136. The fourth-order valence-corrected chi connectivity index (χ4v) is 2.37. The molecule has 0 unspecified atom stereocenters. The van der Waals surface area contributed by atoms with Gasteiger partial charge in [0.05, 0.1) is 6.54 Å². The molecule has 1 amide bonds. The fraction of sp³-hybridized carbons (Fsp3) is 0.917. The maximum absolute atomic E-state index is 11.4. The predicted octanol–water partition coefficient (Wildman–Crippen LogP) is 1.68. The molecule has 0 atom stereocenters. The summed E-state index contributed by atoms with van der Waals surface area (Å²) >= 11 is 0. The number of hydrogen-bond donors (Lipinski definition) is 2. The number of carbonyl (C=O) groups excluding carboxylic acids is 1. The molecule has 0 bridgehead atoms. The highest BCUT2D eigenvalue weighted by Crippen LogP contribution is 2.40. The molecule has 15 heavy (non-hydrogen) atoms. The van der Waals surface area contributed by atoms with E-state index in [2.05, 4.69) is 17.6 Å². The Morgan fingerprint density at radius 3 is 2.47 bits per heavy atom. The van der Waals surface area contributed by atoms with Gasteiger partial charge in [-0.25, -0.2) is 0 Å². The van der Waals surface area contributed by atoms with Gasteiger partial charge in [0.25, 0.3) is 0 Å². The van der Waals surface area contributed by atoms with Crippen LogP contribution >= 0.6 is 0 Å². The number of rotatable bonds is 6. The first-order valence-electron chi connectivity index (χ1n) is 6.20. The molecule has 3 nitrogen and oxygen atoms in total. The van der Waals surface area contributed by atoms with E-state index >= 15 is 0 Å². The molecule has 0 aromatic carbocycles. The van der Waals surface area contributed by atoms with E-state index in [1.807, 2.05) is 6.92 Å². The molecule has 1 rings (SSSR count). The SMILES string of the molecule is CCNCC(=O)NCC1(CC)CCCC1. The first kappa shape index (κ1) is 12.5. The molecule has 0 radical (unpaired) electrons. The minimum atomic E-state index is 0.136. The highest BCUT2D eigenvalue weighted by molar-refractivity contribution is 5.78. The Kier molecular flexibility index (Phi) is 5.09. The third-order valence-corrected chi connectivity index (χ3v) is 3.61. The van der Waals surface area contributed by atoms with Gasteiger partial charge in [-0.3, -0.25) is 4.79 Å². The highest BCUT2D eigenvalue weighted by atomic mass is 16.1. The normalized spacial score (nSPS) is 19.1. The fourth-order valence-electron chi connectivity index (χ4n) is 2.37. The first-order valence-corrected chi connectivity index (χ1v) is 6.20. The number of hydrogen-bond acceptors (Lipinski definition) is 2. The molecule has 2 N–H and O–H groups in total. The zero-order valence-electron chi connectivity index (χ0n) is 10.1. The Balaban J connectivity index is 2.25. The molecule has 0 aliphatic heterocycles. The van der Waals surface area contributed by atoms with Crippen LogP contribution in [-0.2, 0) is 4.79 Å². The van der Waals surface area contributed by atoms with Crippen LogP contribution in [0.15, 0.2) is 0 Å². The van der Waals surface area contributed by atoms with Gasteiger partial charge < -0.3 is 10.6 Å². The Morgan fingerprint density at radius 1 is 1.27 bits per heavy atom. The van der Waals surface area contributed by atoms with Gasteiger partial charge in [-0.2, -0.15) is 0 Å². The Bertz CT molecular complexity index is 198. The van der Waals surface area contributed by atoms with Crippen LogP contribution in [0.3, 0.4) is 0 Å². The number of amides is 1. The molecule has 3 heteroatoms. The van der Waals surface area contributed by atoms with Gasteiger partial charge in [0.2, 0.25) is 5.91 Å². The summed E-state index contributed by atoms with van der Waals surface area (Å²) in [4.78, 5) is 11.4. The number of likely N-dealkylation sites (N-methyl/N-ethyl adjacent to an activating group) is 1. The monoisotopic (exact) mass is 212 g/mol. The summed E-state index contributed by atoms with van der Waals surface area (Å²) in [5.41, 5.74) is 0.405. The lowest BCUT2D eigenvalue weighted by atomic mass is 9.83. The van der Waals surface area contributed by atoms with Gasteiger partial charge in [0.15, 0.2) is 0 Å². The Labute approximate surface area is 93.0 Å².